The number of hydrogen-bond acceptors (Lipinski definition) is 3. The fourth-order valence-electron chi connectivity index (χ4n) is 2.15. The van der Waals surface area contributed by atoms with E-state index in [4.69, 9.17) is 11.6 Å². The van der Waals surface area contributed by atoms with Crippen molar-refractivity contribution in [3.63, 3.8) is 0 Å². The fraction of sp³-hybridized carbons (Fsp3) is 0.0625. The van der Waals surface area contributed by atoms with Crippen molar-refractivity contribution < 1.29 is 4.79 Å². The number of rotatable bonds is 4. The first-order valence-electron chi connectivity index (χ1n) is 6.69. The van der Waals surface area contributed by atoms with E-state index in [0.29, 0.717) is 10.7 Å². The minimum atomic E-state index is -0.584. The summed E-state index contributed by atoms with van der Waals surface area (Å²) in [6.07, 6.45) is 2.94. The maximum atomic E-state index is 12.7. The zero-order valence-corrected chi connectivity index (χ0v) is 12.3. The number of aromatic nitrogens is 3. The highest BCUT2D eigenvalue weighted by Crippen LogP contribution is 2.20. The van der Waals surface area contributed by atoms with E-state index in [1.54, 1.807) is 24.3 Å². The molecule has 0 fully saturated rings. The van der Waals surface area contributed by atoms with Gasteiger partial charge in [0, 0.05) is 10.7 Å². The summed E-state index contributed by atoms with van der Waals surface area (Å²) < 4.78 is 1.53. The maximum Gasteiger partial charge on any atom is 0.253 e. The van der Waals surface area contributed by atoms with Crippen molar-refractivity contribution in [1.29, 1.82) is 0 Å². The lowest BCUT2D eigenvalue weighted by molar-refractivity contribution is -0.118. The van der Waals surface area contributed by atoms with Gasteiger partial charge in [-0.25, -0.2) is 9.67 Å². The molecular formula is C16H13ClN4O. The van der Waals surface area contributed by atoms with Crippen LogP contribution in [0.4, 0.5) is 5.69 Å². The van der Waals surface area contributed by atoms with Crippen LogP contribution in [0.25, 0.3) is 0 Å². The first-order chi connectivity index (χ1) is 10.7. The Balaban J connectivity index is 1.89. The van der Waals surface area contributed by atoms with Crippen LogP contribution in [0.15, 0.2) is 67.3 Å². The largest absolute Gasteiger partial charge is 0.324 e. The summed E-state index contributed by atoms with van der Waals surface area (Å²) in [6, 6.07) is 15.8. The number of nitrogens with zero attached hydrogens (tertiary/aromatic N) is 3. The molecule has 0 saturated heterocycles. The number of amides is 1. The monoisotopic (exact) mass is 312 g/mol. The number of carbonyl (C=O) groups excluding carboxylic acids is 1. The van der Waals surface area contributed by atoms with Gasteiger partial charge in [-0.05, 0) is 29.8 Å². The quantitative estimate of drug-likeness (QED) is 0.805. The molecule has 0 spiro atoms. The molecule has 1 atom stereocenters. The van der Waals surface area contributed by atoms with Crippen LogP contribution in [0.5, 0.6) is 0 Å². The second kappa shape index (κ2) is 6.41. The van der Waals surface area contributed by atoms with E-state index in [-0.39, 0.29) is 5.91 Å². The molecule has 3 rings (SSSR count). The molecule has 0 bridgehead atoms. The first kappa shape index (κ1) is 14.3. The molecule has 22 heavy (non-hydrogen) atoms. The van der Waals surface area contributed by atoms with E-state index in [9.17, 15) is 4.79 Å². The zero-order valence-electron chi connectivity index (χ0n) is 11.6. The first-order valence-corrected chi connectivity index (χ1v) is 7.07. The number of anilines is 1. The van der Waals surface area contributed by atoms with Crippen molar-refractivity contribution in [2.75, 3.05) is 5.32 Å². The van der Waals surface area contributed by atoms with Crippen LogP contribution >= 0.6 is 11.6 Å². The molecule has 1 heterocycles. The molecule has 1 aromatic heterocycles. The Labute approximate surface area is 132 Å². The Morgan fingerprint density at radius 1 is 1.09 bits per heavy atom. The number of nitrogens with one attached hydrogen (secondary N) is 1. The van der Waals surface area contributed by atoms with Crippen molar-refractivity contribution in [1.82, 2.24) is 14.8 Å². The third-order valence-corrected chi connectivity index (χ3v) is 3.43. The Hall–Kier alpha value is -2.66. The number of halogens is 1. The predicted octanol–water partition coefficient (Wildman–Crippen LogP) is 3.16. The molecule has 0 aliphatic carbocycles. The predicted molar refractivity (Wildman–Crippen MR) is 84.7 cm³/mol. The summed E-state index contributed by atoms with van der Waals surface area (Å²) in [7, 11) is 0. The average molecular weight is 313 g/mol. The van der Waals surface area contributed by atoms with Crippen molar-refractivity contribution in [2.45, 2.75) is 6.04 Å². The van der Waals surface area contributed by atoms with Gasteiger partial charge in [0.25, 0.3) is 5.91 Å². The summed E-state index contributed by atoms with van der Waals surface area (Å²) in [4.78, 5) is 16.6. The van der Waals surface area contributed by atoms with Gasteiger partial charge in [0.1, 0.15) is 12.7 Å². The standard InChI is InChI=1S/C16H13ClN4O/c17-13-6-8-14(9-7-13)20-16(22)15(21-11-18-10-19-21)12-4-2-1-3-5-12/h1-11,15H,(H,20,22)/t15-/m0/s1. The van der Waals surface area contributed by atoms with Gasteiger partial charge in [-0.3, -0.25) is 4.79 Å². The van der Waals surface area contributed by atoms with Crippen molar-refractivity contribution in [3.05, 3.63) is 77.8 Å². The van der Waals surface area contributed by atoms with Crippen molar-refractivity contribution in [2.24, 2.45) is 0 Å². The Morgan fingerprint density at radius 2 is 1.82 bits per heavy atom. The van der Waals surface area contributed by atoms with Crippen LogP contribution in [0.3, 0.4) is 0 Å². The molecule has 1 amide bonds. The smallest absolute Gasteiger partial charge is 0.253 e. The summed E-state index contributed by atoms with van der Waals surface area (Å²) in [5.74, 6) is -0.195. The normalized spacial score (nSPS) is 11.9. The van der Waals surface area contributed by atoms with E-state index in [0.717, 1.165) is 5.56 Å². The number of hydrogen-bond donors (Lipinski definition) is 1. The van der Waals surface area contributed by atoms with Crippen molar-refractivity contribution >= 4 is 23.2 Å². The highest BCUT2D eigenvalue weighted by atomic mass is 35.5. The highest BCUT2D eigenvalue weighted by Gasteiger charge is 2.23. The van der Waals surface area contributed by atoms with Gasteiger partial charge in [0.15, 0.2) is 6.04 Å². The average Bonchev–Trinajstić information content (AvgIpc) is 3.05. The lowest BCUT2D eigenvalue weighted by atomic mass is 10.1. The Kier molecular flexibility index (Phi) is 4.16. The van der Waals surface area contributed by atoms with Crippen LogP contribution in [0.2, 0.25) is 5.02 Å². The van der Waals surface area contributed by atoms with E-state index < -0.39 is 6.04 Å². The number of benzene rings is 2. The third kappa shape index (κ3) is 3.15. The minimum Gasteiger partial charge on any atom is -0.324 e. The fourth-order valence-corrected chi connectivity index (χ4v) is 2.28. The van der Waals surface area contributed by atoms with E-state index >= 15 is 0 Å². The lowest BCUT2D eigenvalue weighted by Gasteiger charge is -2.17. The van der Waals surface area contributed by atoms with Crippen LogP contribution in [-0.4, -0.2) is 20.7 Å². The van der Waals surface area contributed by atoms with Gasteiger partial charge in [0.2, 0.25) is 0 Å². The Bertz CT molecular complexity index is 742. The van der Waals surface area contributed by atoms with E-state index in [2.05, 4.69) is 15.4 Å². The molecule has 1 N–H and O–H groups in total. The Morgan fingerprint density at radius 3 is 2.45 bits per heavy atom. The van der Waals surface area contributed by atoms with Gasteiger partial charge in [-0.15, -0.1) is 0 Å². The van der Waals surface area contributed by atoms with E-state index in [1.807, 2.05) is 30.3 Å². The minimum absolute atomic E-state index is 0.195. The van der Waals surface area contributed by atoms with E-state index in [1.165, 1.54) is 17.3 Å². The van der Waals surface area contributed by atoms with Gasteiger partial charge in [0.05, 0.1) is 0 Å². The SMILES string of the molecule is O=C(Nc1ccc(Cl)cc1)[C@H](c1ccccc1)n1cncn1. The highest BCUT2D eigenvalue weighted by molar-refractivity contribution is 6.30. The van der Waals surface area contributed by atoms with Crippen LogP contribution in [0.1, 0.15) is 11.6 Å². The summed E-state index contributed by atoms with van der Waals surface area (Å²) in [5, 5.41) is 7.58. The summed E-state index contributed by atoms with van der Waals surface area (Å²) in [5.41, 5.74) is 1.51. The van der Waals surface area contributed by atoms with Gasteiger partial charge >= 0.3 is 0 Å². The summed E-state index contributed by atoms with van der Waals surface area (Å²) in [6.45, 7) is 0. The molecule has 6 heteroatoms. The molecule has 5 nitrogen and oxygen atoms in total. The maximum absolute atomic E-state index is 12.7. The topological polar surface area (TPSA) is 59.8 Å². The number of carbonyl (C=O) groups is 1. The van der Waals surface area contributed by atoms with Gasteiger partial charge < -0.3 is 5.32 Å². The van der Waals surface area contributed by atoms with Crippen LogP contribution in [0, 0.1) is 0 Å². The van der Waals surface area contributed by atoms with Gasteiger partial charge in [-0.2, -0.15) is 5.10 Å². The molecule has 0 radical (unpaired) electrons. The molecule has 0 unspecified atom stereocenters. The molecular weight excluding hydrogens is 300 g/mol. The second-order valence-electron chi connectivity index (χ2n) is 4.68. The summed E-state index contributed by atoms with van der Waals surface area (Å²) >= 11 is 5.85. The molecule has 3 aromatic rings. The van der Waals surface area contributed by atoms with Gasteiger partial charge in [-0.1, -0.05) is 41.9 Å². The van der Waals surface area contributed by atoms with Crippen molar-refractivity contribution in [3.8, 4) is 0 Å². The van der Waals surface area contributed by atoms with Crippen LogP contribution in [-0.2, 0) is 4.79 Å². The molecule has 0 aliphatic heterocycles. The molecule has 110 valence electrons. The van der Waals surface area contributed by atoms with Crippen LogP contribution < -0.4 is 5.32 Å². The second-order valence-corrected chi connectivity index (χ2v) is 5.12. The lowest BCUT2D eigenvalue weighted by Crippen LogP contribution is -2.27. The molecule has 2 aromatic carbocycles. The zero-order chi connectivity index (χ0) is 15.4. The molecule has 0 aliphatic rings. The third-order valence-electron chi connectivity index (χ3n) is 3.18. The molecule has 0 saturated carbocycles.